The molecule has 1 saturated heterocycles. The summed E-state index contributed by atoms with van der Waals surface area (Å²) < 4.78 is 0. The molecule has 19 heavy (non-hydrogen) atoms. The third-order valence-electron chi connectivity index (χ3n) is 4.31. The second kappa shape index (κ2) is 6.20. The van der Waals surface area contributed by atoms with E-state index in [0.717, 1.165) is 25.9 Å². The molecule has 0 radical (unpaired) electrons. The van der Waals surface area contributed by atoms with Gasteiger partial charge in [0.2, 0.25) is 0 Å². The van der Waals surface area contributed by atoms with E-state index < -0.39 is 5.97 Å². The van der Waals surface area contributed by atoms with Gasteiger partial charge < -0.3 is 10.0 Å². The molecule has 1 atom stereocenters. The van der Waals surface area contributed by atoms with Crippen molar-refractivity contribution in [2.75, 3.05) is 20.1 Å². The number of hydrogen-bond donors (Lipinski definition) is 1. The smallest absolute Gasteiger partial charge is 0.303 e. The van der Waals surface area contributed by atoms with Crippen molar-refractivity contribution >= 4 is 5.97 Å². The Morgan fingerprint density at radius 2 is 2.00 bits per heavy atom. The van der Waals surface area contributed by atoms with Gasteiger partial charge >= 0.3 is 5.97 Å². The molecule has 104 valence electrons. The zero-order chi connectivity index (χ0) is 13.8. The van der Waals surface area contributed by atoms with Crippen LogP contribution >= 0.6 is 0 Å². The van der Waals surface area contributed by atoms with Crippen molar-refractivity contribution < 1.29 is 9.90 Å². The lowest BCUT2D eigenvalue weighted by atomic mass is 9.77. The summed E-state index contributed by atoms with van der Waals surface area (Å²) in [5.41, 5.74) is 2.44. The fourth-order valence-electron chi connectivity index (χ4n) is 3.15. The van der Waals surface area contributed by atoms with Crippen molar-refractivity contribution in [3.05, 3.63) is 35.4 Å². The van der Waals surface area contributed by atoms with Crippen LogP contribution in [0.3, 0.4) is 0 Å². The number of rotatable bonds is 4. The third kappa shape index (κ3) is 3.57. The molecule has 0 aromatic heterocycles. The van der Waals surface area contributed by atoms with Gasteiger partial charge in [0.15, 0.2) is 0 Å². The number of aliphatic carboxylic acids is 1. The summed E-state index contributed by atoms with van der Waals surface area (Å²) in [6.07, 6.45) is 2.45. The lowest BCUT2D eigenvalue weighted by Gasteiger charge is -2.34. The minimum Gasteiger partial charge on any atom is -0.481 e. The highest BCUT2D eigenvalue weighted by Gasteiger charge is 2.29. The predicted octanol–water partition coefficient (Wildman–Crippen LogP) is 2.90. The Balaban J connectivity index is 2.21. The van der Waals surface area contributed by atoms with Crippen molar-refractivity contribution in [2.24, 2.45) is 5.92 Å². The minimum absolute atomic E-state index is 0.160. The Hall–Kier alpha value is -1.35. The van der Waals surface area contributed by atoms with E-state index >= 15 is 0 Å². The van der Waals surface area contributed by atoms with Crippen LogP contribution < -0.4 is 0 Å². The van der Waals surface area contributed by atoms with Crippen molar-refractivity contribution in [2.45, 2.75) is 32.1 Å². The average Bonchev–Trinajstić information content (AvgIpc) is 2.38. The van der Waals surface area contributed by atoms with E-state index in [4.69, 9.17) is 0 Å². The number of carboxylic acids is 1. The Kier molecular flexibility index (Phi) is 4.59. The van der Waals surface area contributed by atoms with E-state index in [0.29, 0.717) is 5.92 Å². The molecular weight excluding hydrogens is 238 g/mol. The van der Waals surface area contributed by atoms with Crippen LogP contribution in [-0.4, -0.2) is 36.1 Å². The number of carbonyl (C=O) groups is 1. The summed E-state index contributed by atoms with van der Waals surface area (Å²) in [5, 5.41) is 9.21. The molecule has 1 N–H and O–H groups in total. The molecule has 1 aliphatic heterocycles. The standard InChI is InChI=1S/C16H23NO2/c1-12-5-3-4-6-14(12)15(11-16(18)19)13-7-9-17(2)10-8-13/h3-6,13,15H,7-11H2,1-2H3,(H,18,19). The highest BCUT2D eigenvalue weighted by Crippen LogP contribution is 2.36. The lowest BCUT2D eigenvalue weighted by Crippen LogP contribution is -2.33. The topological polar surface area (TPSA) is 40.5 Å². The SMILES string of the molecule is Cc1ccccc1C(CC(=O)O)C1CCN(C)CC1. The highest BCUT2D eigenvalue weighted by molar-refractivity contribution is 5.68. The first-order valence-corrected chi connectivity index (χ1v) is 7.04. The molecule has 1 aliphatic rings. The van der Waals surface area contributed by atoms with Crippen molar-refractivity contribution in [1.29, 1.82) is 0 Å². The fourth-order valence-corrected chi connectivity index (χ4v) is 3.15. The highest BCUT2D eigenvalue weighted by atomic mass is 16.4. The summed E-state index contributed by atoms with van der Waals surface area (Å²) in [7, 11) is 2.14. The van der Waals surface area contributed by atoms with Crippen LogP contribution in [0.15, 0.2) is 24.3 Å². The first-order valence-electron chi connectivity index (χ1n) is 7.04. The largest absolute Gasteiger partial charge is 0.481 e. The van der Waals surface area contributed by atoms with Gasteiger partial charge in [-0.1, -0.05) is 24.3 Å². The van der Waals surface area contributed by atoms with Crippen LogP contribution in [0.25, 0.3) is 0 Å². The molecule has 1 heterocycles. The van der Waals surface area contributed by atoms with Crippen LogP contribution in [0, 0.1) is 12.8 Å². The maximum atomic E-state index is 11.2. The lowest BCUT2D eigenvalue weighted by molar-refractivity contribution is -0.137. The number of likely N-dealkylation sites (tertiary alicyclic amines) is 1. The van der Waals surface area contributed by atoms with Crippen molar-refractivity contribution in [1.82, 2.24) is 4.90 Å². The minimum atomic E-state index is -0.688. The Bertz CT molecular complexity index is 436. The Labute approximate surface area is 115 Å². The van der Waals surface area contributed by atoms with Crippen molar-refractivity contribution in [3.63, 3.8) is 0 Å². The van der Waals surface area contributed by atoms with Gasteiger partial charge in [0.1, 0.15) is 0 Å². The normalized spacial score (nSPS) is 19.3. The molecule has 1 unspecified atom stereocenters. The van der Waals surface area contributed by atoms with Crippen LogP contribution in [-0.2, 0) is 4.79 Å². The van der Waals surface area contributed by atoms with Gasteiger partial charge in [-0.25, -0.2) is 0 Å². The number of aryl methyl sites for hydroxylation is 1. The molecule has 0 aliphatic carbocycles. The van der Waals surface area contributed by atoms with E-state index in [1.807, 2.05) is 12.1 Å². The number of nitrogens with zero attached hydrogens (tertiary/aromatic N) is 1. The van der Waals surface area contributed by atoms with Gasteiger partial charge in [0.25, 0.3) is 0 Å². The number of piperidine rings is 1. The second-order valence-electron chi connectivity index (χ2n) is 5.70. The van der Waals surface area contributed by atoms with Gasteiger partial charge in [0, 0.05) is 0 Å². The van der Waals surface area contributed by atoms with E-state index in [2.05, 4.69) is 31.0 Å². The van der Waals surface area contributed by atoms with Crippen LogP contribution in [0.5, 0.6) is 0 Å². The van der Waals surface area contributed by atoms with Gasteiger partial charge in [0.05, 0.1) is 6.42 Å². The summed E-state index contributed by atoms with van der Waals surface area (Å²) in [6, 6.07) is 8.22. The maximum Gasteiger partial charge on any atom is 0.303 e. The number of benzene rings is 1. The molecular formula is C16H23NO2. The first-order chi connectivity index (χ1) is 9.08. The second-order valence-corrected chi connectivity index (χ2v) is 5.70. The summed E-state index contributed by atoms with van der Waals surface area (Å²) >= 11 is 0. The fraction of sp³-hybridized carbons (Fsp3) is 0.562. The molecule has 1 aromatic rings. The molecule has 0 amide bonds. The van der Waals surface area contributed by atoms with E-state index in [-0.39, 0.29) is 12.3 Å². The first kappa shape index (κ1) is 14.1. The van der Waals surface area contributed by atoms with Crippen LogP contribution in [0.2, 0.25) is 0 Å². The van der Waals surface area contributed by atoms with E-state index in [9.17, 15) is 9.90 Å². The van der Waals surface area contributed by atoms with Crippen LogP contribution in [0.1, 0.15) is 36.3 Å². The number of hydrogen-bond acceptors (Lipinski definition) is 2. The Morgan fingerprint density at radius 3 is 2.58 bits per heavy atom. The van der Waals surface area contributed by atoms with E-state index in [1.54, 1.807) is 0 Å². The van der Waals surface area contributed by atoms with Crippen molar-refractivity contribution in [3.8, 4) is 0 Å². The summed E-state index contributed by atoms with van der Waals surface area (Å²) in [5.74, 6) is -0.0343. The average molecular weight is 261 g/mol. The molecule has 1 aromatic carbocycles. The van der Waals surface area contributed by atoms with Gasteiger partial charge in [-0.15, -0.1) is 0 Å². The summed E-state index contributed by atoms with van der Waals surface area (Å²) in [4.78, 5) is 13.5. The Morgan fingerprint density at radius 1 is 1.37 bits per heavy atom. The van der Waals surface area contributed by atoms with Gasteiger partial charge in [-0.3, -0.25) is 4.79 Å². The quantitative estimate of drug-likeness (QED) is 0.906. The maximum absolute atomic E-state index is 11.2. The zero-order valence-electron chi connectivity index (χ0n) is 11.8. The molecule has 3 nitrogen and oxygen atoms in total. The molecule has 0 bridgehead atoms. The molecule has 0 spiro atoms. The molecule has 0 saturated carbocycles. The third-order valence-corrected chi connectivity index (χ3v) is 4.31. The van der Waals surface area contributed by atoms with Gasteiger partial charge in [-0.2, -0.15) is 0 Å². The predicted molar refractivity (Wildman–Crippen MR) is 76.4 cm³/mol. The zero-order valence-corrected chi connectivity index (χ0v) is 11.8. The summed E-state index contributed by atoms with van der Waals surface area (Å²) in [6.45, 7) is 4.23. The molecule has 3 heteroatoms. The van der Waals surface area contributed by atoms with Crippen LogP contribution in [0.4, 0.5) is 0 Å². The monoisotopic (exact) mass is 261 g/mol. The van der Waals surface area contributed by atoms with Gasteiger partial charge in [-0.05, 0) is 62.9 Å². The molecule has 2 rings (SSSR count). The number of carboxylic acid groups (broad SMARTS) is 1. The van der Waals surface area contributed by atoms with E-state index in [1.165, 1.54) is 11.1 Å². The molecule has 1 fully saturated rings.